The molecule has 0 unspecified atom stereocenters. The van der Waals surface area contributed by atoms with E-state index in [1.165, 1.54) is 6.07 Å². The van der Waals surface area contributed by atoms with Crippen LogP contribution in [0, 0.1) is 0 Å². The van der Waals surface area contributed by atoms with E-state index in [2.05, 4.69) is 16.9 Å². The van der Waals surface area contributed by atoms with Crippen LogP contribution >= 0.6 is 0 Å². The Labute approximate surface area is 226 Å². The fraction of sp³-hybridized carbons (Fsp3) is 0.419. The SMILES string of the molecule is CCCCN(C)C(=O)CCCCCCCc1c(-c2ccccc2)[nH]c2ccc3[nH]c(=O)cc(C(F)(F)F)c3c12. The molecular weight excluding hydrogens is 503 g/mol. The number of halogens is 3. The molecule has 4 aromatic rings. The van der Waals surface area contributed by atoms with E-state index in [9.17, 15) is 22.8 Å². The Morgan fingerprint density at radius 3 is 2.23 bits per heavy atom. The highest BCUT2D eigenvalue weighted by Crippen LogP contribution is 2.41. The molecule has 5 nitrogen and oxygen atoms in total. The molecule has 0 aliphatic carbocycles. The summed E-state index contributed by atoms with van der Waals surface area (Å²) in [5.41, 5.74) is 1.63. The number of nitrogens with one attached hydrogen (secondary N) is 2. The molecule has 0 aliphatic rings. The first-order valence-corrected chi connectivity index (χ1v) is 13.8. The molecule has 0 saturated heterocycles. The molecule has 2 N–H and O–H groups in total. The Hall–Kier alpha value is -3.55. The maximum Gasteiger partial charge on any atom is 0.417 e. The van der Waals surface area contributed by atoms with Gasteiger partial charge in [-0.15, -0.1) is 0 Å². The van der Waals surface area contributed by atoms with Gasteiger partial charge in [-0.3, -0.25) is 9.59 Å². The third-order valence-electron chi connectivity index (χ3n) is 7.33. The number of hydrogen-bond acceptors (Lipinski definition) is 2. The Kier molecular flexibility index (Phi) is 9.15. The first-order valence-electron chi connectivity index (χ1n) is 13.8. The lowest BCUT2D eigenvalue weighted by Gasteiger charge is -2.16. The molecule has 8 heteroatoms. The van der Waals surface area contributed by atoms with Crippen molar-refractivity contribution in [1.82, 2.24) is 14.9 Å². The average Bonchev–Trinajstić information content (AvgIpc) is 3.29. The monoisotopic (exact) mass is 539 g/mol. The number of unbranched alkanes of at least 4 members (excludes halogenated alkanes) is 5. The van der Waals surface area contributed by atoms with Gasteiger partial charge in [0.25, 0.3) is 0 Å². The summed E-state index contributed by atoms with van der Waals surface area (Å²) in [7, 11) is 1.85. The van der Waals surface area contributed by atoms with Gasteiger partial charge in [-0.2, -0.15) is 13.2 Å². The van der Waals surface area contributed by atoms with E-state index in [4.69, 9.17) is 0 Å². The zero-order valence-electron chi connectivity index (χ0n) is 22.6. The molecule has 2 aromatic carbocycles. The van der Waals surface area contributed by atoms with E-state index in [0.717, 1.165) is 68.3 Å². The standard InChI is InChI=1S/C31H36F3N3O2/c1-3-4-19-37(2)27(39)16-12-7-5-6-11-15-22-28-24(36-30(22)21-13-9-8-10-14-21)17-18-25-29(28)23(31(32,33)34)20-26(38)35-25/h8-10,13-14,17-18,20,36H,3-7,11-12,15-16,19H2,1-2H3,(H,35,38). The predicted molar refractivity (Wildman–Crippen MR) is 151 cm³/mol. The molecule has 0 radical (unpaired) electrons. The molecule has 0 bridgehead atoms. The molecule has 0 fully saturated rings. The van der Waals surface area contributed by atoms with Crippen LogP contribution in [0.25, 0.3) is 33.1 Å². The van der Waals surface area contributed by atoms with Crippen LogP contribution in [0.5, 0.6) is 0 Å². The van der Waals surface area contributed by atoms with E-state index in [0.29, 0.717) is 29.8 Å². The molecule has 0 spiro atoms. The van der Waals surface area contributed by atoms with Crippen molar-refractivity contribution in [2.24, 2.45) is 0 Å². The van der Waals surface area contributed by atoms with Crippen molar-refractivity contribution < 1.29 is 18.0 Å². The van der Waals surface area contributed by atoms with E-state index in [1.54, 1.807) is 11.0 Å². The van der Waals surface area contributed by atoms with E-state index in [-0.39, 0.29) is 16.8 Å². The first-order chi connectivity index (χ1) is 18.7. The number of fused-ring (bicyclic) bond motifs is 3. The Bertz CT molecular complexity index is 1470. The Morgan fingerprint density at radius 1 is 0.872 bits per heavy atom. The maximum absolute atomic E-state index is 14.1. The van der Waals surface area contributed by atoms with Crippen LogP contribution in [0.4, 0.5) is 13.2 Å². The van der Waals surface area contributed by atoms with Crippen LogP contribution in [0.15, 0.2) is 53.3 Å². The highest BCUT2D eigenvalue weighted by atomic mass is 19.4. The zero-order chi connectivity index (χ0) is 28.0. The number of alkyl halides is 3. The number of amides is 1. The minimum absolute atomic E-state index is 0.0266. The molecule has 0 aliphatic heterocycles. The number of aromatic amines is 2. The fourth-order valence-corrected chi connectivity index (χ4v) is 5.26. The first kappa shape index (κ1) is 28.5. The number of carbonyl (C=O) groups is 1. The number of H-pyrrole nitrogens is 2. The zero-order valence-corrected chi connectivity index (χ0v) is 22.6. The average molecular weight is 540 g/mol. The number of hydrogen-bond donors (Lipinski definition) is 2. The van der Waals surface area contributed by atoms with Crippen molar-refractivity contribution in [3.05, 3.63) is 70.0 Å². The number of carbonyl (C=O) groups excluding carboxylic acids is 1. The summed E-state index contributed by atoms with van der Waals surface area (Å²) >= 11 is 0. The van der Waals surface area contributed by atoms with Crippen LogP contribution in [0.3, 0.4) is 0 Å². The summed E-state index contributed by atoms with van der Waals surface area (Å²) in [6.45, 7) is 2.90. The van der Waals surface area contributed by atoms with Gasteiger partial charge in [0.2, 0.25) is 11.5 Å². The van der Waals surface area contributed by atoms with Crippen LogP contribution in [-0.2, 0) is 17.4 Å². The minimum Gasteiger partial charge on any atom is -0.354 e. The Balaban J connectivity index is 1.56. The smallest absolute Gasteiger partial charge is 0.354 e. The highest BCUT2D eigenvalue weighted by Gasteiger charge is 2.34. The second-order valence-electron chi connectivity index (χ2n) is 10.2. The van der Waals surface area contributed by atoms with Gasteiger partial charge < -0.3 is 14.9 Å². The third-order valence-corrected chi connectivity index (χ3v) is 7.33. The van der Waals surface area contributed by atoms with Gasteiger partial charge in [0.1, 0.15) is 0 Å². The van der Waals surface area contributed by atoms with Crippen molar-refractivity contribution in [3.8, 4) is 11.3 Å². The van der Waals surface area contributed by atoms with Crippen LogP contribution < -0.4 is 5.56 Å². The molecular formula is C31H36F3N3O2. The second kappa shape index (κ2) is 12.5. The largest absolute Gasteiger partial charge is 0.417 e. The molecule has 208 valence electrons. The van der Waals surface area contributed by atoms with Gasteiger partial charge in [-0.05, 0) is 48.9 Å². The van der Waals surface area contributed by atoms with Gasteiger partial charge in [0.15, 0.2) is 0 Å². The number of nitrogens with zero attached hydrogens (tertiary/aromatic N) is 1. The number of benzene rings is 2. The van der Waals surface area contributed by atoms with Gasteiger partial charge in [0, 0.05) is 53.6 Å². The fourth-order valence-electron chi connectivity index (χ4n) is 5.26. The molecule has 0 atom stereocenters. The lowest BCUT2D eigenvalue weighted by atomic mass is 9.95. The van der Waals surface area contributed by atoms with Gasteiger partial charge >= 0.3 is 6.18 Å². The molecule has 4 rings (SSSR count). The van der Waals surface area contributed by atoms with Crippen molar-refractivity contribution in [2.75, 3.05) is 13.6 Å². The molecule has 2 aromatic heterocycles. The molecule has 1 amide bonds. The van der Waals surface area contributed by atoms with Crippen LogP contribution in [0.2, 0.25) is 0 Å². The molecule has 2 heterocycles. The third kappa shape index (κ3) is 6.72. The number of aryl methyl sites for hydroxylation is 1. The van der Waals surface area contributed by atoms with Crippen molar-refractivity contribution in [1.29, 1.82) is 0 Å². The second-order valence-corrected chi connectivity index (χ2v) is 10.2. The van der Waals surface area contributed by atoms with E-state index < -0.39 is 17.3 Å². The predicted octanol–water partition coefficient (Wildman–Crippen LogP) is 7.84. The lowest BCUT2D eigenvalue weighted by Crippen LogP contribution is -2.27. The number of aromatic nitrogens is 2. The van der Waals surface area contributed by atoms with Gasteiger partial charge in [0.05, 0.1) is 5.56 Å². The summed E-state index contributed by atoms with van der Waals surface area (Å²) < 4.78 is 42.3. The van der Waals surface area contributed by atoms with E-state index in [1.807, 2.05) is 37.4 Å². The summed E-state index contributed by atoms with van der Waals surface area (Å²) in [6.07, 6.45) is 3.00. The van der Waals surface area contributed by atoms with Crippen molar-refractivity contribution in [2.45, 2.75) is 70.9 Å². The molecule has 39 heavy (non-hydrogen) atoms. The van der Waals surface area contributed by atoms with Crippen molar-refractivity contribution in [3.63, 3.8) is 0 Å². The van der Waals surface area contributed by atoms with E-state index >= 15 is 0 Å². The van der Waals surface area contributed by atoms with Gasteiger partial charge in [-0.1, -0.05) is 62.9 Å². The topological polar surface area (TPSA) is 69.0 Å². The minimum atomic E-state index is -4.66. The lowest BCUT2D eigenvalue weighted by molar-refractivity contribution is -0.136. The summed E-state index contributed by atoms with van der Waals surface area (Å²) in [5.74, 6) is 0.181. The van der Waals surface area contributed by atoms with Crippen LogP contribution in [0.1, 0.15) is 69.4 Å². The highest BCUT2D eigenvalue weighted by molar-refractivity contribution is 6.11. The molecule has 0 saturated carbocycles. The summed E-state index contributed by atoms with van der Waals surface area (Å²) in [5, 5.41) is 0.536. The normalized spacial score (nSPS) is 11.9. The van der Waals surface area contributed by atoms with Crippen LogP contribution in [-0.4, -0.2) is 34.4 Å². The summed E-state index contributed by atoms with van der Waals surface area (Å²) in [4.78, 5) is 32.0. The summed E-state index contributed by atoms with van der Waals surface area (Å²) in [6, 6.07) is 13.5. The maximum atomic E-state index is 14.1. The van der Waals surface area contributed by atoms with Gasteiger partial charge in [-0.25, -0.2) is 0 Å². The number of pyridine rings is 1. The quantitative estimate of drug-likeness (QED) is 0.180. The Morgan fingerprint density at radius 2 is 1.54 bits per heavy atom. The van der Waals surface area contributed by atoms with Crippen molar-refractivity contribution >= 4 is 27.7 Å². The number of rotatable bonds is 12.